The number of nitrogens with one attached hydrogen (secondary N) is 3. The quantitative estimate of drug-likeness (QED) is 0.118. The summed E-state index contributed by atoms with van der Waals surface area (Å²) < 4.78 is 106. The molecule has 50 heavy (non-hydrogen) atoms. The smallest absolute Gasteiger partial charge is 0.497 e. The number of fused-ring (bicyclic) bond motifs is 1. The van der Waals surface area contributed by atoms with Gasteiger partial charge < -0.3 is 25.2 Å². The summed E-state index contributed by atoms with van der Waals surface area (Å²) in [4.78, 5) is 18.2. The van der Waals surface area contributed by atoms with Crippen molar-refractivity contribution in [3.8, 4) is 11.5 Å². The monoisotopic (exact) mass is 729 g/mol. The highest BCUT2D eigenvalue weighted by Gasteiger charge is 2.38. The van der Waals surface area contributed by atoms with Gasteiger partial charge in [0.25, 0.3) is 0 Å². The molecule has 1 aromatic heterocycles. The Morgan fingerprint density at radius 2 is 1.48 bits per heavy atom. The molecular formula is C32H33F6N5O6S. The number of ether oxygens (including phenoxy) is 2. The van der Waals surface area contributed by atoms with Crippen molar-refractivity contribution in [2.75, 3.05) is 30.8 Å². The number of rotatable bonds is 11. The summed E-state index contributed by atoms with van der Waals surface area (Å²) in [5, 5.41) is 14.8. The number of carbonyl (C=O) groups is 1. The lowest BCUT2D eigenvalue weighted by atomic mass is 9.82. The zero-order valence-electron chi connectivity index (χ0n) is 26.4. The minimum Gasteiger partial charge on any atom is -0.497 e. The van der Waals surface area contributed by atoms with E-state index in [1.807, 2.05) is 48.5 Å². The summed E-state index contributed by atoms with van der Waals surface area (Å²) in [6.45, 7) is 0.943. The summed E-state index contributed by atoms with van der Waals surface area (Å²) in [5.74, 6) is -0.762. The van der Waals surface area contributed by atoms with Gasteiger partial charge in [-0.3, -0.25) is 0 Å². The Kier molecular flexibility index (Phi) is 12.3. The Bertz CT molecular complexity index is 1850. The fraction of sp³-hybridized carbons (Fsp3) is 0.344. The number of benzene rings is 3. The molecule has 270 valence electrons. The van der Waals surface area contributed by atoms with Crippen molar-refractivity contribution in [2.45, 2.75) is 43.1 Å². The molecule has 1 heterocycles. The molecule has 5 rings (SSSR count). The number of para-hydroxylation sites is 1. The molecule has 1 fully saturated rings. The molecule has 0 saturated heterocycles. The molecule has 11 nitrogen and oxygen atoms in total. The lowest BCUT2D eigenvalue weighted by Gasteiger charge is -2.28. The van der Waals surface area contributed by atoms with Crippen LogP contribution < -0.4 is 24.8 Å². The molecule has 4 aromatic rings. The second kappa shape index (κ2) is 16.2. The first-order chi connectivity index (χ1) is 23.5. The van der Waals surface area contributed by atoms with Crippen molar-refractivity contribution in [3.05, 3.63) is 72.8 Å². The lowest BCUT2D eigenvalue weighted by Crippen LogP contribution is -2.32. The third kappa shape index (κ3) is 11.4. The van der Waals surface area contributed by atoms with Gasteiger partial charge in [-0.1, -0.05) is 18.2 Å². The SMILES string of the molecule is COc1cccc(Nc2nc(NCC3CCC(CNS(=O)(=O)c4ccc(OC(F)(F)F)cc4)CC3)nc3ccccc23)c1.O=C(O)C(F)(F)F. The van der Waals surface area contributed by atoms with Gasteiger partial charge in [0.2, 0.25) is 16.0 Å². The average molecular weight is 730 g/mol. The number of sulfonamides is 1. The molecule has 0 unspecified atom stereocenters. The largest absolute Gasteiger partial charge is 0.573 e. The van der Waals surface area contributed by atoms with E-state index in [0.29, 0.717) is 24.2 Å². The van der Waals surface area contributed by atoms with Gasteiger partial charge in [0.05, 0.1) is 17.5 Å². The second-order valence-corrected chi connectivity index (χ2v) is 13.0. The van der Waals surface area contributed by atoms with Gasteiger partial charge in [0.15, 0.2) is 0 Å². The lowest BCUT2D eigenvalue weighted by molar-refractivity contribution is -0.274. The van der Waals surface area contributed by atoms with Crippen molar-refractivity contribution in [3.63, 3.8) is 0 Å². The van der Waals surface area contributed by atoms with Gasteiger partial charge in [-0.2, -0.15) is 18.2 Å². The maximum atomic E-state index is 12.7. The molecule has 0 aliphatic heterocycles. The normalized spacial score (nSPS) is 16.5. The molecule has 0 spiro atoms. The topological polar surface area (TPSA) is 152 Å². The molecule has 1 saturated carbocycles. The highest BCUT2D eigenvalue weighted by atomic mass is 32.2. The molecule has 0 radical (unpaired) electrons. The first-order valence-corrected chi connectivity index (χ1v) is 16.6. The minimum absolute atomic E-state index is 0.115. The first-order valence-electron chi connectivity index (χ1n) is 15.1. The van der Waals surface area contributed by atoms with Crippen molar-refractivity contribution in [1.82, 2.24) is 14.7 Å². The van der Waals surface area contributed by atoms with Crippen molar-refractivity contribution in [1.29, 1.82) is 0 Å². The van der Waals surface area contributed by atoms with Gasteiger partial charge >= 0.3 is 18.5 Å². The molecule has 0 atom stereocenters. The number of nitrogens with zero attached hydrogens (tertiary/aromatic N) is 2. The number of carboxylic acids is 1. The third-order valence-corrected chi connectivity index (χ3v) is 9.06. The van der Waals surface area contributed by atoms with Crippen LogP contribution >= 0.6 is 0 Å². The highest BCUT2D eigenvalue weighted by Crippen LogP contribution is 2.31. The number of hydrogen-bond acceptors (Lipinski definition) is 9. The molecule has 0 bridgehead atoms. The number of anilines is 3. The van der Waals surface area contributed by atoms with Gasteiger partial charge in [-0.15, -0.1) is 13.2 Å². The second-order valence-electron chi connectivity index (χ2n) is 11.2. The number of carboxylic acid groups (broad SMARTS) is 1. The Morgan fingerprint density at radius 3 is 2.08 bits per heavy atom. The summed E-state index contributed by atoms with van der Waals surface area (Å²) in [6, 6.07) is 19.5. The number of alkyl halides is 6. The van der Waals surface area contributed by atoms with Crippen LogP contribution in [0.1, 0.15) is 25.7 Å². The molecular weight excluding hydrogens is 696 g/mol. The number of halogens is 6. The third-order valence-electron chi connectivity index (χ3n) is 7.62. The van der Waals surface area contributed by atoms with E-state index in [1.165, 1.54) is 0 Å². The van der Waals surface area contributed by atoms with Gasteiger partial charge in [0.1, 0.15) is 17.3 Å². The van der Waals surface area contributed by atoms with E-state index in [-0.39, 0.29) is 17.4 Å². The predicted octanol–water partition coefficient (Wildman–Crippen LogP) is 7.11. The Labute approximate surface area is 283 Å². The zero-order chi connectivity index (χ0) is 36.5. The Morgan fingerprint density at radius 1 is 0.860 bits per heavy atom. The molecule has 3 aromatic carbocycles. The fourth-order valence-electron chi connectivity index (χ4n) is 5.10. The number of aromatic nitrogens is 2. The van der Waals surface area contributed by atoms with Crippen LogP contribution in [0.2, 0.25) is 0 Å². The predicted molar refractivity (Wildman–Crippen MR) is 172 cm³/mol. The molecule has 0 amide bonds. The molecule has 1 aliphatic carbocycles. The summed E-state index contributed by atoms with van der Waals surface area (Å²) in [6.07, 6.45) is -6.42. The van der Waals surface area contributed by atoms with Crippen molar-refractivity contribution < 1.29 is 54.1 Å². The Balaban J connectivity index is 0.000000727. The maximum Gasteiger partial charge on any atom is 0.573 e. The highest BCUT2D eigenvalue weighted by molar-refractivity contribution is 7.89. The van der Waals surface area contributed by atoms with Gasteiger partial charge in [-0.25, -0.2) is 22.9 Å². The first kappa shape index (κ1) is 38.0. The van der Waals surface area contributed by atoms with Crippen molar-refractivity contribution >= 4 is 44.3 Å². The van der Waals surface area contributed by atoms with E-state index in [9.17, 15) is 34.8 Å². The van der Waals surface area contributed by atoms with Crippen LogP contribution in [0.15, 0.2) is 77.7 Å². The van der Waals surface area contributed by atoms with E-state index in [4.69, 9.17) is 24.6 Å². The number of methoxy groups -OCH3 is 1. The summed E-state index contributed by atoms with van der Waals surface area (Å²) in [5.41, 5.74) is 1.65. The number of aliphatic carboxylic acids is 1. The van der Waals surface area contributed by atoms with Gasteiger partial charge in [0, 0.05) is 30.2 Å². The van der Waals surface area contributed by atoms with E-state index < -0.39 is 34.3 Å². The van der Waals surface area contributed by atoms with Crippen LogP contribution in [0.5, 0.6) is 11.5 Å². The van der Waals surface area contributed by atoms with E-state index in [2.05, 4.69) is 20.1 Å². The minimum atomic E-state index is -5.08. The molecule has 4 N–H and O–H groups in total. The maximum absolute atomic E-state index is 12.7. The summed E-state index contributed by atoms with van der Waals surface area (Å²) >= 11 is 0. The van der Waals surface area contributed by atoms with Crippen LogP contribution in [0.25, 0.3) is 10.9 Å². The van der Waals surface area contributed by atoms with E-state index >= 15 is 0 Å². The average Bonchev–Trinajstić information content (AvgIpc) is 3.06. The van der Waals surface area contributed by atoms with E-state index in [0.717, 1.165) is 72.3 Å². The molecule has 1 aliphatic rings. The van der Waals surface area contributed by atoms with Crippen LogP contribution in [-0.4, -0.2) is 62.2 Å². The zero-order valence-corrected chi connectivity index (χ0v) is 27.2. The van der Waals surface area contributed by atoms with Gasteiger partial charge in [-0.05, 0) is 86.1 Å². The fourth-order valence-corrected chi connectivity index (χ4v) is 6.21. The molecule has 18 heteroatoms. The van der Waals surface area contributed by atoms with Crippen LogP contribution in [-0.2, 0) is 14.8 Å². The van der Waals surface area contributed by atoms with Crippen LogP contribution in [0, 0.1) is 11.8 Å². The summed E-state index contributed by atoms with van der Waals surface area (Å²) in [7, 11) is -2.24. The standard InChI is InChI=1S/C30H32F3N5O4S.C2HF3O2/c1-41-24-6-4-5-22(17-24)36-28-26-7-2-3-8-27(26)37-29(38-28)34-18-20-9-11-21(12-10-20)19-35-43(39,40)25-15-13-23(14-16-25)42-30(31,32)33;3-2(4,5)1(6)7/h2-8,13-17,20-21,35H,9-12,18-19H2,1H3,(H2,34,36,37,38);(H,6,7). The van der Waals surface area contributed by atoms with Crippen LogP contribution in [0.3, 0.4) is 0 Å². The van der Waals surface area contributed by atoms with Crippen LogP contribution in [0.4, 0.5) is 43.8 Å². The Hall–Kier alpha value is -4.84. The van der Waals surface area contributed by atoms with E-state index in [1.54, 1.807) is 7.11 Å². The number of hydrogen-bond donors (Lipinski definition) is 4. The van der Waals surface area contributed by atoms with Crippen molar-refractivity contribution in [2.24, 2.45) is 11.8 Å².